The molecule has 1 saturated heterocycles. The number of hydrogen-bond acceptors (Lipinski definition) is 3. The van der Waals surface area contributed by atoms with Crippen LogP contribution in [-0.2, 0) is 14.6 Å². The van der Waals surface area contributed by atoms with Crippen molar-refractivity contribution in [1.82, 2.24) is 5.32 Å². The number of carbonyl (C=O) groups excluding carboxylic acids is 1. The molecule has 2 rings (SSSR count). The first-order valence-corrected chi connectivity index (χ1v) is 8.87. The number of hydrogen-bond donors (Lipinski definition) is 1. The van der Waals surface area contributed by atoms with Gasteiger partial charge in [0, 0.05) is 5.02 Å². The van der Waals surface area contributed by atoms with Crippen LogP contribution >= 0.6 is 11.6 Å². The number of halogens is 1. The minimum atomic E-state index is -3.03. The summed E-state index contributed by atoms with van der Waals surface area (Å²) in [6.45, 7) is 1.98. The molecule has 0 radical (unpaired) electrons. The lowest BCUT2D eigenvalue weighted by Crippen LogP contribution is -2.34. The fraction of sp³-hybridized carbons (Fsp3) is 0.500. The quantitative estimate of drug-likeness (QED) is 0.927. The molecule has 0 saturated carbocycles. The average Bonchev–Trinajstić information content (AvgIpc) is 2.77. The molecule has 20 heavy (non-hydrogen) atoms. The first-order chi connectivity index (χ1) is 9.41. The lowest BCUT2D eigenvalue weighted by molar-refractivity contribution is -0.125. The van der Waals surface area contributed by atoms with Gasteiger partial charge in [-0.2, -0.15) is 0 Å². The third-order valence-corrected chi connectivity index (χ3v) is 5.62. The minimum Gasteiger partial charge on any atom is -0.349 e. The van der Waals surface area contributed by atoms with E-state index in [1.165, 1.54) is 0 Å². The van der Waals surface area contributed by atoms with Crippen LogP contribution in [0.1, 0.15) is 31.4 Å². The summed E-state index contributed by atoms with van der Waals surface area (Å²) in [5.74, 6) is -0.507. The first-order valence-electron chi connectivity index (χ1n) is 6.67. The molecule has 0 aromatic heterocycles. The Morgan fingerprint density at radius 1 is 1.40 bits per heavy atom. The van der Waals surface area contributed by atoms with Gasteiger partial charge in [0.25, 0.3) is 0 Å². The van der Waals surface area contributed by atoms with Crippen LogP contribution in [0.2, 0.25) is 5.02 Å². The Morgan fingerprint density at radius 3 is 2.55 bits per heavy atom. The number of benzene rings is 1. The Kier molecular flexibility index (Phi) is 4.70. The van der Waals surface area contributed by atoms with E-state index in [-0.39, 0.29) is 23.5 Å². The highest BCUT2D eigenvalue weighted by atomic mass is 35.5. The predicted molar refractivity (Wildman–Crippen MR) is 79.4 cm³/mol. The fourth-order valence-electron chi connectivity index (χ4n) is 2.41. The number of nitrogens with one attached hydrogen (secondary N) is 1. The zero-order chi connectivity index (χ0) is 14.8. The monoisotopic (exact) mass is 315 g/mol. The Morgan fingerprint density at radius 2 is 2.05 bits per heavy atom. The van der Waals surface area contributed by atoms with Crippen molar-refractivity contribution in [3.05, 3.63) is 34.9 Å². The summed E-state index contributed by atoms with van der Waals surface area (Å²) in [6.07, 6.45) is 1.16. The summed E-state index contributed by atoms with van der Waals surface area (Å²) >= 11 is 5.85. The van der Waals surface area contributed by atoms with Gasteiger partial charge in [-0.15, -0.1) is 0 Å². The van der Waals surface area contributed by atoms with Crippen molar-refractivity contribution in [3.8, 4) is 0 Å². The molecule has 1 amide bonds. The molecule has 4 nitrogen and oxygen atoms in total. The molecule has 0 aliphatic carbocycles. The van der Waals surface area contributed by atoms with Gasteiger partial charge in [-0.25, -0.2) is 8.42 Å². The normalized spacial score (nSPS) is 22.4. The standard InChI is InChI=1S/C14H18ClNO3S/c1-2-13(10-3-5-12(15)6-4-10)16-14(17)11-7-8-20(18,19)9-11/h3-6,11,13H,2,7-9H2,1H3,(H,16,17). The minimum absolute atomic E-state index is 0.0319. The van der Waals surface area contributed by atoms with Gasteiger partial charge in [-0.05, 0) is 30.5 Å². The maximum Gasteiger partial charge on any atom is 0.224 e. The molecule has 6 heteroatoms. The van der Waals surface area contributed by atoms with E-state index in [0.29, 0.717) is 11.4 Å². The van der Waals surface area contributed by atoms with Crippen molar-refractivity contribution in [1.29, 1.82) is 0 Å². The summed E-state index contributed by atoms with van der Waals surface area (Å²) in [4.78, 5) is 12.1. The van der Waals surface area contributed by atoms with Crippen LogP contribution in [0.5, 0.6) is 0 Å². The molecular weight excluding hydrogens is 298 g/mol. The molecule has 1 aliphatic heterocycles. The molecule has 1 heterocycles. The van der Waals surface area contributed by atoms with Gasteiger partial charge in [0.05, 0.1) is 23.5 Å². The largest absolute Gasteiger partial charge is 0.349 e. The Labute approximate surface area is 124 Å². The molecule has 0 spiro atoms. The van der Waals surface area contributed by atoms with Crippen LogP contribution < -0.4 is 5.32 Å². The van der Waals surface area contributed by atoms with Crippen molar-refractivity contribution in [2.24, 2.45) is 5.92 Å². The molecular formula is C14H18ClNO3S. The molecule has 1 fully saturated rings. The van der Waals surface area contributed by atoms with E-state index >= 15 is 0 Å². The SMILES string of the molecule is CCC(NC(=O)C1CCS(=O)(=O)C1)c1ccc(Cl)cc1. The van der Waals surface area contributed by atoms with Crippen LogP contribution in [0.15, 0.2) is 24.3 Å². The topological polar surface area (TPSA) is 63.2 Å². The summed E-state index contributed by atoms with van der Waals surface area (Å²) in [5.41, 5.74) is 0.978. The lowest BCUT2D eigenvalue weighted by atomic mass is 10.0. The van der Waals surface area contributed by atoms with Crippen molar-refractivity contribution in [3.63, 3.8) is 0 Å². The average molecular weight is 316 g/mol. The van der Waals surface area contributed by atoms with Crippen LogP contribution in [0.4, 0.5) is 0 Å². The molecule has 1 N–H and O–H groups in total. The molecule has 2 atom stereocenters. The molecule has 110 valence electrons. The van der Waals surface area contributed by atoms with Gasteiger partial charge in [0.1, 0.15) is 0 Å². The second-order valence-electron chi connectivity index (χ2n) is 5.12. The van der Waals surface area contributed by atoms with Crippen LogP contribution in [0.3, 0.4) is 0 Å². The zero-order valence-electron chi connectivity index (χ0n) is 11.3. The highest BCUT2D eigenvalue weighted by Crippen LogP contribution is 2.23. The smallest absolute Gasteiger partial charge is 0.224 e. The second kappa shape index (κ2) is 6.14. The van der Waals surface area contributed by atoms with Crippen molar-refractivity contribution >= 4 is 27.3 Å². The predicted octanol–water partition coefficient (Wildman–Crippen LogP) is 2.34. The number of amides is 1. The lowest BCUT2D eigenvalue weighted by Gasteiger charge is -2.19. The van der Waals surface area contributed by atoms with Gasteiger partial charge in [-0.3, -0.25) is 4.79 Å². The van der Waals surface area contributed by atoms with Gasteiger partial charge >= 0.3 is 0 Å². The maximum absolute atomic E-state index is 12.1. The number of rotatable bonds is 4. The van der Waals surface area contributed by atoms with Crippen LogP contribution in [0, 0.1) is 5.92 Å². The molecule has 1 aromatic rings. The van der Waals surface area contributed by atoms with Gasteiger partial charge in [0.2, 0.25) is 5.91 Å². The van der Waals surface area contributed by atoms with E-state index in [1.54, 1.807) is 12.1 Å². The summed E-state index contributed by atoms with van der Waals surface area (Å²) in [6, 6.07) is 7.21. The Bertz CT molecular complexity index is 583. The van der Waals surface area contributed by atoms with E-state index < -0.39 is 15.8 Å². The van der Waals surface area contributed by atoms with E-state index in [1.807, 2.05) is 19.1 Å². The Balaban J connectivity index is 2.03. The van der Waals surface area contributed by atoms with Gasteiger partial charge in [-0.1, -0.05) is 30.7 Å². The molecule has 2 unspecified atom stereocenters. The van der Waals surface area contributed by atoms with Crippen LogP contribution in [-0.4, -0.2) is 25.8 Å². The summed E-state index contributed by atoms with van der Waals surface area (Å²) in [5, 5.41) is 3.59. The third kappa shape index (κ3) is 3.73. The highest BCUT2D eigenvalue weighted by Gasteiger charge is 2.33. The number of carbonyl (C=O) groups is 1. The third-order valence-electron chi connectivity index (χ3n) is 3.60. The second-order valence-corrected chi connectivity index (χ2v) is 7.79. The molecule has 0 bridgehead atoms. The fourth-order valence-corrected chi connectivity index (χ4v) is 4.27. The molecule has 1 aliphatic rings. The highest BCUT2D eigenvalue weighted by molar-refractivity contribution is 7.91. The van der Waals surface area contributed by atoms with E-state index in [0.717, 1.165) is 12.0 Å². The Hall–Kier alpha value is -1.07. The van der Waals surface area contributed by atoms with Crippen molar-refractivity contribution in [2.45, 2.75) is 25.8 Å². The van der Waals surface area contributed by atoms with Crippen LogP contribution in [0.25, 0.3) is 0 Å². The summed E-state index contributed by atoms with van der Waals surface area (Å²) in [7, 11) is -3.03. The number of sulfone groups is 1. The summed E-state index contributed by atoms with van der Waals surface area (Å²) < 4.78 is 22.8. The van der Waals surface area contributed by atoms with E-state index in [4.69, 9.17) is 11.6 Å². The van der Waals surface area contributed by atoms with Crippen molar-refractivity contribution < 1.29 is 13.2 Å². The van der Waals surface area contributed by atoms with Gasteiger partial charge < -0.3 is 5.32 Å². The zero-order valence-corrected chi connectivity index (χ0v) is 12.9. The van der Waals surface area contributed by atoms with Gasteiger partial charge in [0.15, 0.2) is 9.84 Å². The van der Waals surface area contributed by atoms with E-state index in [9.17, 15) is 13.2 Å². The molecule has 1 aromatic carbocycles. The van der Waals surface area contributed by atoms with Crippen molar-refractivity contribution in [2.75, 3.05) is 11.5 Å². The maximum atomic E-state index is 12.1. The van der Waals surface area contributed by atoms with E-state index in [2.05, 4.69) is 5.32 Å². The first kappa shape index (κ1) is 15.3.